The largest absolute Gasteiger partial charge is 0.496 e. The number of nitrogens with zero attached hydrogens (tertiary/aromatic N) is 2. The van der Waals surface area contributed by atoms with Gasteiger partial charge in [0.05, 0.1) is 39.0 Å². The lowest BCUT2D eigenvalue weighted by Crippen LogP contribution is -3.13. The minimum absolute atomic E-state index is 0.145. The number of anilines is 1. The molecule has 0 bridgehead atoms. The number of piperazine rings is 1. The monoisotopic (exact) mass is 340 g/mol. The first-order valence-corrected chi connectivity index (χ1v) is 8.53. The summed E-state index contributed by atoms with van der Waals surface area (Å²) in [4.78, 5) is 3.58. The Morgan fingerprint density at radius 3 is 2.68 bits per heavy atom. The maximum Gasteiger partial charge on any atom is 0.143 e. The summed E-state index contributed by atoms with van der Waals surface area (Å²) in [5, 5.41) is 9.22. The van der Waals surface area contributed by atoms with Crippen LogP contribution in [0, 0.1) is 24.1 Å². The van der Waals surface area contributed by atoms with Crippen molar-refractivity contribution in [3.63, 3.8) is 0 Å². The highest BCUT2D eigenvalue weighted by molar-refractivity contribution is 5.60. The van der Waals surface area contributed by atoms with Crippen molar-refractivity contribution < 1.29 is 14.0 Å². The molecule has 0 spiro atoms. The van der Waals surface area contributed by atoms with Crippen molar-refractivity contribution in [3.8, 4) is 11.8 Å². The lowest BCUT2D eigenvalue weighted by atomic mass is 10.1. The molecule has 1 aliphatic heterocycles. The molecule has 0 aliphatic carbocycles. The second-order valence-corrected chi connectivity index (χ2v) is 6.47. The van der Waals surface area contributed by atoms with Crippen molar-refractivity contribution in [3.05, 3.63) is 58.9 Å². The zero-order valence-corrected chi connectivity index (χ0v) is 14.7. The van der Waals surface area contributed by atoms with Crippen LogP contribution < -0.4 is 14.5 Å². The Balaban J connectivity index is 1.68. The SMILES string of the molecule is COc1ccc(C)cc1C[NH+]1CCN(c2cccc(F)c2C#N)CC1. The molecule has 2 aromatic rings. The third-order valence-electron chi connectivity index (χ3n) is 4.79. The van der Waals surface area contributed by atoms with Gasteiger partial charge in [0, 0.05) is 5.56 Å². The Kier molecular flexibility index (Phi) is 5.20. The molecule has 2 aromatic carbocycles. The molecule has 1 aliphatic rings. The van der Waals surface area contributed by atoms with Gasteiger partial charge in [-0.15, -0.1) is 0 Å². The lowest BCUT2D eigenvalue weighted by Gasteiger charge is -2.34. The summed E-state index contributed by atoms with van der Waals surface area (Å²) in [6.45, 7) is 6.50. The number of methoxy groups -OCH3 is 1. The van der Waals surface area contributed by atoms with E-state index in [-0.39, 0.29) is 5.56 Å². The van der Waals surface area contributed by atoms with Crippen LogP contribution in [0.15, 0.2) is 36.4 Å². The third-order valence-corrected chi connectivity index (χ3v) is 4.79. The molecular weight excluding hydrogens is 317 g/mol. The Bertz CT molecular complexity index is 792. The zero-order chi connectivity index (χ0) is 17.8. The summed E-state index contributed by atoms with van der Waals surface area (Å²) < 4.78 is 19.3. The molecule has 25 heavy (non-hydrogen) atoms. The fourth-order valence-corrected chi connectivity index (χ4v) is 3.44. The Morgan fingerprint density at radius 1 is 1.24 bits per heavy atom. The second-order valence-electron chi connectivity index (χ2n) is 6.47. The van der Waals surface area contributed by atoms with Gasteiger partial charge < -0.3 is 14.5 Å². The molecule has 130 valence electrons. The van der Waals surface area contributed by atoms with Crippen LogP contribution in [-0.2, 0) is 6.54 Å². The first-order valence-electron chi connectivity index (χ1n) is 8.53. The van der Waals surface area contributed by atoms with Gasteiger partial charge in [-0.05, 0) is 31.2 Å². The van der Waals surface area contributed by atoms with Gasteiger partial charge in [-0.1, -0.05) is 17.7 Å². The van der Waals surface area contributed by atoms with E-state index >= 15 is 0 Å². The molecule has 0 atom stereocenters. The number of quaternary nitrogens is 1. The minimum atomic E-state index is -0.445. The molecule has 1 N–H and O–H groups in total. The molecule has 0 radical (unpaired) electrons. The summed E-state index contributed by atoms with van der Waals surface area (Å²) >= 11 is 0. The van der Waals surface area contributed by atoms with Crippen LogP contribution in [-0.4, -0.2) is 33.3 Å². The number of ether oxygens (including phenoxy) is 1. The van der Waals surface area contributed by atoms with E-state index in [1.165, 1.54) is 22.1 Å². The van der Waals surface area contributed by atoms with Crippen molar-refractivity contribution >= 4 is 5.69 Å². The Morgan fingerprint density at radius 2 is 2.00 bits per heavy atom. The van der Waals surface area contributed by atoms with Crippen LogP contribution >= 0.6 is 0 Å². The highest BCUT2D eigenvalue weighted by Crippen LogP contribution is 2.23. The Hall–Kier alpha value is -2.58. The van der Waals surface area contributed by atoms with Gasteiger partial charge in [0.1, 0.15) is 29.7 Å². The average molecular weight is 340 g/mol. The van der Waals surface area contributed by atoms with Gasteiger partial charge in [0.2, 0.25) is 0 Å². The molecule has 1 fully saturated rings. The fraction of sp³-hybridized carbons (Fsp3) is 0.350. The number of hydrogen-bond donors (Lipinski definition) is 1. The molecule has 3 rings (SSSR count). The summed E-state index contributed by atoms with van der Waals surface area (Å²) in [5.74, 6) is 0.483. The standard InChI is InChI=1S/C20H22FN3O/c1-15-6-7-20(25-2)16(12-15)14-23-8-10-24(11-9-23)19-5-3-4-18(21)17(19)13-22/h3-7,12H,8-11,14H2,1-2H3/p+1. The molecule has 1 heterocycles. The highest BCUT2D eigenvalue weighted by Gasteiger charge is 2.24. The van der Waals surface area contributed by atoms with E-state index in [1.807, 2.05) is 18.2 Å². The highest BCUT2D eigenvalue weighted by atomic mass is 19.1. The maximum absolute atomic E-state index is 13.8. The van der Waals surface area contributed by atoms with E-state index in [0.717, 1.165) is 38.5 Å². The van der Waals surface area contributed by atoms with Crippen molar-refractivity contribution in [1.29, 1.82) is 5.26 Å². The number of nitrogens with one attached hydrogen (secondary N) is 1. The van der Waals surface area contributed by atoms with Gasteiger partial charge >= 0.3 is 0 Å². The van der Waals surface area contributed by atoms with Crippen LogP contribution in [0.4, 0.5) is 10.1 Å². The number of aryl methyl sites for hydroxylation is 1. The number of nitriles is 1. The maximum atomic E-state index is 13.8. The molecule has 0 saturated carbocycles. The van der Waals surface area contributed by atoms with Crippen LogP contribution in [0.3, 0.4) is 0 Å². The van der Waals surface area contributed by atoms with Gasteiger partial charge in [0.25, 0.3) is 0 Å². The minimum Gasteiger partial charge on any atom is -0.496 e. The summed E-state index contributed by atoms with van der Waals surface area (Å²) in [5.41, 5.74) is 3.29. The smallest absolute Gasteiger partial charge is 0.143 e. The second kappa shape index (κ2) is 7.54. The molecule has 4 nitrogen and oxygen atoms in total. The molecule has 0 unspecified atom stereocenters. The van der Waals surface area contributed by atoms with E-state index in [9.17, 15) is 9.65 Å². The van der Waals surface area contributed by atoms with E-state index in [2.05, 4.69) is 24.0 Å². The molecule has 5 heteroatoms. The first-order chi connectivity index (χ1) is 12.1. The summed E-state index contributed by atoms with van der Waals surface area (Å²) in [6, 6.07) is 13.1. The van der Waals surface area contributed by atoms with Crippen molar-refractivity contribution in [1.82, 2.24) is 0 Å². The first kappa shape index (κ1) is 17.2. The number of halogens is 1. The van der Waals surface area contributed by atoms with Crippen molar-refractivity contribution in [2.24, 2.45) is 0 Å². The predicted molar refractivity (Wildman–Crippen MR) is 95.5 cm³/mol. The molecule has 0 amide bonds. The van der Waals surface area contributed by atoms with Crippen LogP contribution in [0.25, 0.3) is 0 Å². The number of hydrogen-bond acceptors (Lipinski definition) is 3. The lowest BCUT2D eigenvalue weighted by molar-refractivity contribution is -0.914. The van der Waals surface area contributed by atoms with E-state index in [1.54, 1.807) is 13.2 Å². The van der Waals surface area contributed by atoms with Crippen LogP contribution in [0.1, 0.15) is 16.7 Å². The van der Waals surface area contributed by atoms with Crippen LogP contribution in [0.2, 0.25) is 0 Å². The van der Waals surface area contributed by atoms with E-state index in [4.69, 9.17) is 4.74 Å². The summed E-state index contributed by atoms with van der Waals surface area (Å²) in [6.07, 6.45) is 0. The summed E-state index contributed by atoms with van der Waals surface area (Å²) in [7, 11) is 1.70. The molecule has 1 saturated heterocycles. The van der Waals surface area contributed by atoms with E-state index < -0.39 is 5.82 Å². The molecule has 0 aromatic heterocycles. The average Bonchev–Trinajstić information content (AvgIpc) is 2.62. The normalized spacial score (nSPS) is 15.0. The van der Waals surface area contributed by atoms with Crippen LogP contribution in [0.5, 0.6) is 5.75 Å². The quantitative estimate of drug-likeness (QED) is 0.924. The van der Waals surface area contributed by atoms with Crippen molar-refractivity contribution in [2.45, 2.75) is 13.5 Å². The van der Waals surface area contributed by atoms with Gasteiger partial charge in [0.15, 0.2) is 0 Å². The van der Waals surface area contributed by atoms with E-state index in [0.29, 0.717) is 5.69 Å². The van der Waals surface area contributed by atoms with Crippen molar-refractivity contribution in [2.75, 3.05) is 38.2 Å². The number of benzene rings is 2. The zero-order valence-electron chi connectivity index (χ0n) is 14.7. The Labute approximate surface area is 148 Å². The molecular formula is C20H23FN3O+. The number of rotatable bonds is 4. The topological polar surface area (TPSA) is 40.7 Å². The van der Waals surface area contributed by atoms with Gasteiger partial charge in [-0.2, -0.15) is 5.26 Å². The predicted octanol–water partition coefficient (Wildman–Crippen LogP) is 1.92. The van der Waals surface area contributed by atoms with Gasteiger partial charge in [-0.3, -0.25) is 0 Å². The fourth-order valence-electron chi connectivity index (χ4n) is 3.44. The van der Waals surface area contributed by atoms with Gasteiger partial charge in [-0.25, -0.2) is 4.39 Å². The third kappa shape index (κ3) is 3.75.